The molecule has 3 aliphatic heterocycles. The van der Waals surface area contributed by atoms with Crippen molar-refractivity contribution in [2.24, 2.45) is 7.05 Å². The highest BCUT2D eigenvalue weighted by Crippen LogP contribution is 2.40. The number of carbonyl (C=O) groups is 4. The van der Waals surface area contributed by atoms with Gasteiger partial charge in [0, 0.05) is 43.5 Å². The van der Waals surface area contributed by atoms with Gasteiger partial charge in [-0.2, -0.15) is 8.42 Å². The molecule has 18 heteroatoms. The Morgan fingerprint density at radius 3 is 2.49 bits per heavy atom. The van der Waals surface area contributed by atoms with Crippen molar-refractivity contribution in [1.82, 2.24) is 24.1 Å². The quantitative estimate of drug-likeness (QED) is 0.189. The summed E-state index contributed by atoms with van der Waals surface area (Å²) >= 11 is 0. The molecule has 3 unspecified atom stereocenters. The molecule has 1 aromatic heterocycles. The van der Waals surface area contributed by atoms with Gasteiger partial charge in [-0.15, -0.1) is 0 Å². The van der Waals surface area contributed by atoms with Crippen molar-refractivity contribution in [3.63, 3.8) is 0 Å². The number of anilines is 2. The largest absolute Gasteiger partial charge is 0.487 e. The minimum absolute atomic E-state index is 0.0257. The van der Waals surface area contributed by atoms with Crippen LogP contribution < -0.4 is 30.1 Å². The summed E-state index contributed by atoms with van der Waals surface area (Å²) in [6.07, 6.45) is -0.777. The zero-order valence-electron chi connectivity index (χ0n) is 30.5. The zero-order chi connectivity index (χ0) is 40.2. The van der Waals surface area contributed by atoms with E-state index in [0.29, 0.717) is 38.5 Å². The van der Waals surface area contributed by atoms with Gasteiger partial charge >= 0.3 is 15.9 Å². The molecule has 57 heavy (non-hydrogen) atoms. The van der Waals surface area contributed by atoms with Gasteiger partial charge in [0.15, 0.2) is 5.82 Å². The summed E-state index contributed by atoms with van der Waals surface area (Å²) in [4.78, 5) is 64.8. The Balaban J connectivity index is 1.00. The Morgan fingerprint density at radius 2 is 1.75 bits per heavy atom. The van der Waals surface area contributed by atoms with Crippen molar-refractivity contribution in [2.75, 3.05) is 35.8 Å². The standard InChI is InChI=1S/C39H37F2N7O8S/c1-45-31-16-23(7-10-29(31)48(39(45)53)30-11-12-33(49)43-38(30)52)27-18-46(14-13-28(27)40)19-34(50)42-25-8-9-26-24(15-25)17-32(56-21-22-5-3-2-4-6-22)37(36(26)41)47-20-35(51)44-57(47,54)55/h2-10,15-17,27-28,30H,11-14,18-21H2,1H3,(H,42,50)(H,44,51)(H,43,49,52). The fourth-order valence-corrected chi connectivity index (χ4v) is 8.98. The monoisotopic (exact) mass is 801 g/mol. The molecule has 4 amide bonds. The molecule has 4 aromatic carbocycles. The lowest BCUT2D eigenvalue weighted by atomic mass is 9.88. The van der Waals surface area contributed by atoms with E-state index in [2.05, 4.69) is 10.6 Å². The number of fused-ring (bicyclic) bond motifs is 2. The molecule has 3 atom stereocenters. The summed E-state index contributed by atoms with van der Waals surface area (Å²) in [6.45, 7) is -0.231. The first kappa shape index (κ1) is 37.8. The van der Waals surface area contributed by atoms with Gasteiger partial charge in [-0.05, 0) is 65.8 Å². The SMILES string of the molecule is Cn1c(=O)n(C2CCC(=O)NC2=O)c2ccc(C3CN(CC(=O)Nc4ccc5c(F)c(N6CC(=O)NS6(=O)=O)c(OCc6ccccc6)cc5c4)CCC3F)cc21. The predicted molar refractivity (Wildman–Crippen MR) is 205 cm³/mol. The van der Waals surface area contributed by atoms with E-state index in [9.17, 15) is 32.4 Å². The number of halogens is 2. The number of imide groups is 1. The number of likely N-dealkylation sites (tertiary alicyclic amines) is 1. The normalized spacial score (nSPS) is 21.1. The van der Waals surface area contributed by atoms with E-state index in [4.69, 9.17) is 4.74 Å². The molecule has 8 rings (SSSR count). The summed E-state index contributed by atoms with van der Waals surface area (Å²) in [5.41, 5.74) is 1.81. The number of amides is 4. The Labute approximate surface area is 324 Å². The second-order valence-electron chi connectivity index (χ2n) is 14.4. The summed E-state index contributed by atoms with van der Waals surface area (Å²) in [6, 6.07) is 19.1. The van der Waals surface area contributed by atoms with Gasteiger partial charge in [0.25, 0.3) is 5.91 Å². The number of imidazole rings is 1. The molecule has 3 aliphatic rings. The lowest BCUT2D eigenvalue weighted by Gasteiger charge is -2.35. The van der Waals surface area contributed by atoms with Gasteiger partial charge in [-0.1, -0.05) is 36.4 Å². The number of aryl methyl sites for hydroxylation is 1. The highest BCUT2D eigenvalue weighted by molar-refractivity contribution is 7.92. The Bertz CT molecular complexity index is 2650. The van der Waals surface area contributed by atoms with Gasteiger partial charge < -0.3 is 10.1 Å². The van der Waals surface area contributed by atoms with Gasteiger partial charge in [0.2, 0.25) is 17.7 Å². The molecule has 5 aromatic rings. The number of hydrogen-bond acceptors (Lipinski definition) is 9. The number of nitrogens with one attached hydrogen (secondary N) is 3. The smallest absolute Gasteiger partial charge is 0.329 e. The third kappa shape index (κ3) is 7.21. The molecule has 3 saturated heterocycles. The van der Waals surface area contributed by atoms with E-state index in [0.717, 1.165) is 5.56 Å². The van der Waals surface area contributed by atoms with Crippen LogP contribution in [0.15, 0.2) is 77.6 Å². The second kappa shape index (κ2) is 14.7. The van der Waals surface area contributed by atoms with Crippen molar-refractivity contribution < 1.29 is 41.1 Å². The number of hydrogen-bond donors (Lipinski definition) is 3. The lowest BCUT2D eigenvalue weighted by molar-refractivity contribution is -0.135. The van der Waals surface area contributed by atoms with Crippen LogP contribution in [0.1, 0.15) is 42.3 Å². The first-order valence-electron chi connectivity index (χ1n) is 18.2. The maximum Gasteiger partial charge on any atom is 0.329 e. The van der Waals surface area contributed by atoms with Crippen LogP contribution in [0.4, 0.5) is 20.2 Å². The number of piperidine rings is 2. The fourth-order valence-electron chi connectivity index (χ4n) is 7.82. The summed E-state index contributed by atoms with van der Waals surface area (Å²) in [5.74, 6) is -3.86. The minimum atomic E-state index is -4.38. The number of nitrogens with zero attached hydrogens (tertiary/aromatic N) is 4. The molecule has 0 aliphatic carbocycles. The molecule has 3 N–H and O–H groups in total. The maximum atomic E-state index is 16.2. The second-order valence-corrected chi connectivity index (χ2v) is 16.0. The Hall–Kier alpha value is -6.14. The third-order valence-electron chi connectivity index (χ3n) is 10.6. The lowest BCUT2D eigenvalue weighted by Crippen LogP contribution is -2.44. The van der Waals surface area contributed by atoms with Gasteiger partial charge in [-0.25, -0.2) is 22.6 Å². The Kier molecular flexibility index (Phi) is 9.77. The summed E-state index contributed by atoms with van der Waals surface area (Å²) < 4.78 is 68.5. The van der Waals surface area contributed by atoms with E-state index in [1.165, 1.54) is 33.4 Å². The molecule has 3 fully saturated rings. The number of alkyl halides is 1. The molecule has 4 heterocycles. The number of aromatic nitrogens is 2. The van der Waals surface area contributed by atoms with E-state index in [1.807, 2.05) is 15.7 Å². The average Bonchev–Trinajstić information content (AvgIpc) is 3.59. The molecule has 296 valence electrons. The minimum Gasteiger partial charge on any atom is -0.487 e. The number of ether oxygens (including phenoxy) is 1. The number of carbonyl (C=O) groups excluding carboxylic acids is 4. The summed E-state index contributed by atoms with van der Waals surface area (Å²) in [7, 11) is -2.81. The first-order chi connectivity index (χ1) is 27.3. The number of benzene rings is 4. The topological polar surface area (TPSA) is 181 Å². The Morgan fingerprint density at radius 1 is 0.965 bits per heavy atom. The molecule has 0 radical (unpaired) electrons. The molecular weight excluding hydrogens is 765 g/mol. The van der Waals surface area contributed by atoms with Crippen LogP contribution >= 0.6 is 0 Å². The molecule has 0 spiro atoms. The third-order valence-corrected chi connectivity index (χ3v) is 12.0. The van der Waals surface area contributed by atoms with Gasteiger partial charge in [0.1, 0.15) is 36.8 Å². The van der Waals surface area contributed by atoms with Crippen LogP contribution in [-0.4, -0.2) is 78.4 Å². The van der Waals surface area contributed by atoms with Crippen LogP contribution in [0.25, 0.3) is 21.8 Å². The van der Waals surface area contributed by atoms with Crippen LogP contribution in [0.3, 0.4) is 0 Å². The summed E-state index contributed by atoms with van der Waals surface area (Å²) in [5, 5.41) is 5.42. The van der Waals surface area contributed by atoms with Crippen LogP contribution in [0.5, 0.6) is 5.75 Å². The zero-order valence-corrected chi connectivity index (χ0v) is 31.4. The van der Waals surface area contributed by atoms with Crippen molar-refractivity contribution in [3.05, 3.63) is 100 Å². The van der Waals surface area contributed by atoms with Crippen LogP contribution in [0, 0.1) is 5.82 Å². The highest BCUT2D eigenvalue weighted by Gasteiger charge is 2.39. The first-order valence-corrected chi connectivity index (χ1v) is 19.7. The van der Waals surface area contributed by atoms with E-state index < -0.39 is 75.7 Å². The molecule has 0 bridgehead atoms. The maximum absolute atomic E-state index is 16.2. The van der Waals surface area contributed by atoms with Gasteiger partial charge in [-0.3, -0.25) is 38.5 Å². The van der Waals surface area contributed by atoms with E-state index in [-0.39, 0.29) is 50.1 Å². The number of rotatable bonds is 9. The van der Waals surface area contributed by atoms with Crippen molar-refractivity contribution in [1.29, 1.82) is 0 Å². The van der Waals surface area contributed by atoms with Crippen molar-refractivity contribution in [2.45, 2.75) is 44.0 Å². The predicted octanol–water partition coefficient (Wildman–Crippen LogP) is 3.14. The van der Waals surface area contributed by atoms with Crippen molar-refractivity contribution >= 4 is 67.0 Å². The molecule has 0 saturated carbocycles. The van der Waals surface area contributed by atoms with E-state index in [1.54, 1.807) is 49.5 Å². The fraction of sp³-hybridized carbons (Fsp3) is 0.308. The van der Waals surface area contributed by atoms with Crippen LogP contribution in [-0.2, 0) is 43.0 Å². The van der Waals surface area contributed by atoms with Crippen molar-refractivity contribution in [3.8, 4) is 5.75 Å². The highest BCUT2D eigenvalue weighted by atomic mass is 32.2. The van der Waals surface area contributed by atoms with E-state index >= 15 is 8.78 Å². The average molecular weight is 802 g/mol. The van der Waals surface area contributed by atoms with Crippen LogP contribution in [0.2, 0.25) is 0 Å². The molecular formula is C39H37F2N7O8S. The van der Waals surface area contributed by atoms with Gasteiger partial charge in [0.05, 0.1) is 17.6 Å². The molecule has 15 nitrogen and oxygen atoms in total.